The SMILES string of the molecule is COCO[C@@H]1C(=O)[C@@H]2O[C@H](c3ccccc3)OC[C@H]2O[C@@H]1OC. The summed E-state index contributed by atoms with van der Waals surface area (Å²) in [6.07, 6.45) is -3.58. The van der Waals surface area contributed by atoms with Crippen LogP contribution >= 0.6 is 0 Å². The number of ether oxygens (including phenoxy) is 6. The maximum atomic E-state index is 12.7. The quantitative estimate of drug-likeness (QED) is 0.749. The highest BCUT2D eigenvalue weighted by Crippen LogP contribution is 2.33. The molecule has 2 fully saturated rings. The van der Waals surface area contributed by atoms with Crippen molar-refractivity contribution in [3.05, 3.63) is 35.9 Å². The lowest BCUT2D eigenvalue weighted by molar-refractivity contribution is -0.320. The highest BCUT2D eigenvalue weighted by molar-refractivity contribution is 5.89. The zero-order chi connectivity index (χ0) is 16.2. The zero-order valence-corrected chi connectivity index (χ0v) is 13.0. The first-order valence-corrected chi connectivity index (χ1v) is 7.39. The zero-order valence-electron chi connectivity index (χ0n) is 13.0. The number of benzene rings is 1. The van der Waals surface area contributed by atoms with Crippen molar-refractivity contribution in [3.8, 4) is 0 Å². The summed E-state index contributed by atoms with van der Waals surface area (Å²) in [6, 6.07) is 9.45. The number of hydrogen-bond acceptors (Lipinski definition) is 7. The van der Waals surface area contributed by atoms with Crippen LogP contribution in [-0.2, 0) is 33.2 Å². The largest absolute Gasteiger partial charge is 0.359 e. The molecule has 2 heterocycles. The molecule has 0 N–H and O–H groups in total. The molecule has 0 saturated carbocycles. The fourth-order valence-electron chi connectivity index (χ4n) is 2.70. The summed E-state index contributed by atoms with van der Waals surface area (Å²) < 4.78 is 32.7. The first kappa shape index (κ1) is 16.5. The van der Waals surface area contributed by atoms with Crippen molar-refractivity contribution in [2.75, 3.05) is 27.6 Å². The van der Waals surface area contributed by atoms with Gasteiger partial charge in [-0.1, -0.05) is 30.3 Å². The monoisotopic (exact) mass is 324 g/mol. The molecule has 0 aliphatic carbocycles. The molecule has 0 radical (unpaired) electrons. The number of fused-ring (bicyclic) bond motifs is 1. The normalized spacial score (nSPS) is 34.2. The minimum Gasteiger partial charge on any atom is -0.359 e. The van der Waals surface area contributed by atoms with Gasteiger partial charge in [-0.05, 0) is 0 Å². The van der Waals surface area contributed by atoms with Gasteiger partial charge < -0.3 is 28.4 Å². The lowest BCUT2D eigenvalue weighted by Crippen LogP contribution is -2.60. The van der Waals surface area contributed by atoms with Crippen LogP contribution in [0.1, 0.15) is 11.9 Å². The van der Waals surface area contributed by atoms with Gasteiger partial charge in [0.25, 0.3) is 0 Å². The van der Waals surface area contributed by atoms with Crippen molar-refractivity contribution < 1.29 is 33.2 Å². The van der Waals surface area contributed by atoms with Crippen LogP contribution in [0.5, 0.6) is 0 Å². The van der Waals surface area contributed by atoms with E-state index in [1.807, 2.05) is 30.3 Å². The second-order valence-electron chi connectivity index (χ2n) is 5.31. The smallest absolute Gasteiger partial charge is 0.198 e. The Labute approximate surface area is 134 Å². The van der Waals surface area contributed by atoms with Gasteiger partial charge >= 0.3 is 0 Å². The maximum Gasteiger partial charge on any atom is 0.198 e. The third kappa shape index (κ3) is 3.45. The summed E-state index contributed by atoms with van der Waals surface area (Å²) in [5, 5.41) is 0. The molecule has 1 aromatic carbocycles. The number of ketones is 1. The molecule has 0 amide bonds. The molecule has 126 valence electrons. The van der Waals surface area contributed by atoms with E-state index in [4.69, 9.17) is 28.4 Å². The summed E-state index contributed by atoms with van der Waals surface area (Å²) in [4.78, 5) is 12.7. The predicted molar refractivity (Wildman–Crippen MR) is 77.4 cm³/mol. The van der Waals surface area contributed by atoms with Crippen molar-refractivity contribution in [1.82, 2.24) is 0 Å². The average Bonchev–Trinajstić information content (AvgIpc) is 2.61. The molecule has 0 spiro atoms. The topological polar surface area (TPSA) is 72.5 Å². The van der Waals surface area contributed by atoms with Crippen LogP contribution in [0.2, 0.25) is 0 Å². The van der Waals surface area contributed by atoms with Crippen LogP contribution in [0.15, 0.2) is 30.3 Å². The van der Waals surface area contributed by atoms with Gasteiger partial charge in [0.15, 0.2) is 30.6 Å². The lowest BCUT2D eigenvalue weighted by atomic mass is 9.99. The molecule has 3 rings (SSSR count). The van der Waals surface area contributed by atoms with Gasteiger partial charge in [0, 0.05) is 19.8 Å². The molecular weight excluding hydrogens is 304 g/mol. The Morgan fingerprint density at radius 3 is 2.65 bits per heavy atom. The third-order valence-corrected chi connectivity index (χ3v) is 3.81. The number of carbonyl (C=O) groups excluding carboxylic acids is 1. The lowest BCUT2D eigenvalue weighted by Gasteiger charge is -2.43. The number of hydrogen-bond donors (Lipinski definition) is 0. The number of Topliss-reactive ketones (excluding diaryl/α,β-unsaturated/α-hetero) is 1. The first-order valence-electron chi connectivity index (χ1n) is 7.39. The Kier molecular flexibility index (Phi) is 5.37. The molecule has 2 aliphatic heterocycles. The molecule has 0 bridgehead atoms. The van der Waals surface area contributed by atoms with E-state index in [0.29, 0.717) is 0 Å². The first-order chi connectivity index (χ1) is 11.2. The molecular formula is C16H20O7. The number of methoxy groups -OCH3 is 2. The van der Waals surface area contributed by atoms with Crippen molar-refractivity contribution in [3.63, 3.8) is 0 Å². The minimum atomic E-state index is -0.893. The van der Waals surface area contributed by atoms with Crippen molar-refractivity contribution >= 4 is 5.78 Å². The van der Waals surface area contributed by atoms with E-state index in [1.54, 1.807) is 0 Å². The van der Waals surface area contributed by atoms with E-state index in [9.17, 15) is 4.79 Å². The highest BCUT2D eigenvalue weighted by Gasteiger charge is 2.50. The minimum absolute atomic E-state index is 0.0321. The van der Waals surface area contributed by atoms with Gasteiger partial charge in [0.05, 0.1) is 6.61 Å². The van der Waals surface area contributed by atoms with Gasteiger partial charge in [-0.15, -0.1) is 0 Å². The molecule has 5 atom stereocenters. The van der Waals surface area contributed by atoms with Crippen molar-refractivity contribution in [2.45, 2.75) is 30.9 Å². The molecule has 1 aromatic rings. The summed E-state index contributed by atoms with van der Waals surface area (Å²) in [5.41, 5.74) is 0.849. The highest BCUT2D eigenvalue weighted by atomic mass is 16.8. The Balaban J connectivity index is 1.74. The molecule has 2 saturated heterocycles. The van der Waals surface area contributed by atoms with Gasteiger partial charge in [0.2, 0.25) is 0 Å². The van der Waals surface area contributed by atoms with E-state index in [1.165, 1.54) is 14.2 Å². The van der Waals surface area contributed by atoms with Crippen LogP contribution < -0.4 is 0 Å². The molecule has 23 heavy (non-hydrogen) atoms. The summed E-state index contributed by atoms with van der Waals surface area (Å²) >= 11 is 0. The molecule has 0 unspecified atom stereocenters. The molecule has 7 heteroatoms. The van der Waals surface area contributed by atoms with Crippen LogP contribution in [0.4, 0.5) is 0 Å². The van der Waals surface area contributed by atoms with Crippen molar-refractivity contribution in [2.24, 2.45) is 0 Å². The Bertz CT molecular complexity index is 520. The van der Waals surface area contributed by atoms with Crippen LogP contribution in [0.25, 0.3) is 0 Å². The van der Waals surface area contributed by atoms with Crippen molar-refractivity contribution in [1.29, 1.82) is 0 Å². The van der Waals surface area contributed by atoms with Gasteiger partial charge in [-0.3, -0.25) is 4.79 Å². The maximum absolute atomic E-state index is 12.7. The number of rotatable bonds is 5. The fraction of sp³-hybridized carbons (Fsp3) is 0.562. The van der Waals surface area contributed by atoms with E-state index in [0.717, 1.165) is 5.56 Å². The Morgan fingerprint density at radius 2 is 1.96 bits per heavy atom. The van der Waals surface area contributed by atoms with Gasteiger partial charge in [0.1, 0.15) is 12.9 Å². The van der Waals surface area contributed by atoms with Gasteiger partial charge in [-0.2, -0.15) is 0 Å². The second kappa shape index (κ2) is 7.48. The van der Waals surface area contributed by atoms with E-state index in [2.05, 4.69) is 0 Å². The van der Waals surface area contributed by atoms with E-state index >= 15 is 0 Å². The molecule has 0 aromatic heterocycles. The van der Waals surface area contributed by atoms with Crippen LogP contribution in [0.3, 0.4) is 0 Å². The van der Waals surface area contributed by atoms with E-state index < -0.39 is 30.9 Å². The van der Waals surface area contributed by atoms with Crippen LogP contribution in [0, 0.1) is 0 Å². The van der Waals surface area contributed by atoms with Gasteiger partial charge in [-0.25, -0.2) is 0 Å². The predicted octanol–water partition coefficient (Wildman–Crippen LogP) is 1.03. The average molecular weight is 324 g/mol. The Hall–Kier alpha value is -1.35. The molecule has 2 aliphatic rings. The van der Waals surface area contributed by atoms with E-state index in [-0.39, 0.29) is 19.2 Å². The fourth-order valence-corrected chi connectivity index (χ4v) is 2.70. The summed E-state index contributed by atoms with van der Waals surface area (Å²) in [5.74, 6) is -0.227. The Morgan fingerprint density at radius 1 is 1.17 bits per heavy atom. The number of carbonyl (C=O) groups is 1. The summed E-state index contributed by atoms with van der Waals surface area (Å²) in [6.45, 7) is 0.211. The van der Waals surface area contributed by atoms with Crippen LogP contribution in [-0.4, -0.2) is 58.0 Å². The molecule has 7 nitrogen and oxygen atoms in total. The third-order valence-electron chi connectivity index (χ3n) is 3.81. The standard InChI is InChI=1S/C16H20O7/c1-18-9-21-14-12(17)13-11(22-16(14)19-2)8-20-15(23-13)10-6-4-3-5-7-10/h3-7,11,13-16H,8-9H2,1-2H3/t11-,13-,14-,15-,16+/m1/s1. The second-order valence-corrected chi connectivity index (χ2v) is 5.31. The summed E-state index contributed by atoms with van der Waals surface area (Å²) in [7, 11) is 2.94.